The van der Waals surface area contributed by atoms with Crippen molar-refractivity contribution in [3.05, 3.63) is 24.2 Å². The molecule has 1 aromatic rings. The fraction of sp³-hybridized carbons (Fsp3) is 0.400. The molecule has 0 aliphatic rings. The SMILES string of the molecule is C#CC(CC)NCc1ccoc1. The standard InChI is InChI=1S/C10H13NO/c1-3-10(4-2)11-7-9-5-6-12-8-9/h1,5-6,8,10-11H,4,7H2,2H3. The molecule has 0 spiro atoms. The highest BCUT2D eigenvalue weighted by atomic mass is 16.3. The third-order valence-corrected chi connectivity index (χ3v) is 1.74. The first-order valence-corrected chi connectivity index (χ1v) is 4.07. The van der Waals surface area contributed by atoms with Gasteiger partial charge < -0.3 is 4.42 Å². The van der Waals surface area contributed by atoms with E-state index in [4.69, 9.17) is 10.8 Å². The summed E-state index contributed by atoms with van der Waals surface area (Å²) in [4.78, 5) is 0. The van der Waals surface area contributed by atoms with Gasteiger partial charge in [0, 0.05) is 12.1 Å². The second-order valence-electron chi connectivity index (χ2n) is 2.64. The molecule has 0 radical (unpaired) electrons. The van der Waals surface area contributed by atoms with E-state index < -0.39 is 0 Å². The molecule has 0 fully saturated rings. The predicted molar refractivity (Wildman–Crippen MR) is 48.5 cm³/mol. The van der Waals surface area contributed by atoms with Crippen LogP contribution in [0.2, 0.25) is 0 Å². The second kappa shape index (κ2) is 4.63. The molecule has 0 amide bonds. The molecule has 64 valence electrons. The smallest absolute Gasteiger partial charge is 0.0947 e. The maximum Gasteiger partial charge on any atom is 0.0947 e. The number of furan rings is 1. The topological polar surface area (TPSA) is 25.2 Å². The first-order chi connectivity index (χ1) is 5.86. The average molecular weight is 163 g/mol. The van der Waals surface area contributed by atoms with Crippen molar-refractivity contribution in [2.45, 2.75) is 25.9 Å². The summed E-state index contributed by atoms with van der Waals surface area (Å²) in [6.07, 6.45) is 9.62. The summed E-state index contributed by atoms with van der Waals surface area (Å²) in [5, 5.41) is 3.23. The monoisotopic (exact) mass is 163 g/mol. The fourth-order valence-electron chi connectivity index (χ4n) is 0.955. The Hall–Kier alpha value is -1.20. The minimum absolute atomic E-state index is 0.167. The molecule has 1 rings (SSSR count). The summed E-state index contributed by atoms with van der Waals surface area (Å²) >= 11 is 0. The van der Waals surface area contributed by atoms with E-state index in [0.29, 0.717) is 0 Å². The molecular formula is C10H13NO. The van der Waals surface area contributed by atoms with Crippen molar-refractivity contribution in [2.75, 3.05) is 0 Å². The lowest BCUT2D eigenvalue weighted by atomic mass is 10.2. The largest absolute Gasteiger partial charge is 0.472 e. The zero-order chi connectivity index (χ0) is 8.81. The Labute approximate surface area is 73.0 Å². The summed E-state index contributed by atoms with van der Waals surface area (Å²) < 4.78 is 4.92. The summed E-state index contributed by atoms with van der Waals surface area (Å²) in [6, 6.07) is 2.09. The maximum absolute atomic E-state index is 5.29. The maximum atomic E-state index is 5.29. The van der Waals surface area contributed by atoms with Gasteiger partial charge in [-0.25, -0.2) is 0 Å². The second-order valence-corrected chi connectivity index (χ2v) is 2.64. The van der Waals surface area contributed by atoms with Gasteiger partial charge in [0.25, 0.3) is 0 Å². The van der Waals surface area contributed by atoms with Crippen LogP contribution >= 0.6 is 0 Å². The Bertz CT molecular complexity index is 245. The van der Waals surface area contributed by atoms with Gasteiger partial charge in [-0.2, -0.15) is 0 Å². The third kappa shape index (κ3) is 2.44. The Morgan fingerprint density at radius 1 is 1.75 bits per heavy atom. The van der Waals surface area contributed by atoms with E-state index in [1.807, 2.05) is 6.07 Å². The van der Waals surface area contributed by atoms with Gasteiger partial charge in [-0.1, -0.05) is 12.8 Å². The van der Waals surface area contributed by atoms with Gasteiger partial charge in [0.2, 0.25) is 0 Å². The number of terminal acetylenes is 1. The molecule has 2 heteroatoms. The molecular weight excluding hydrogens is 150 g/mol. The molecule has 0 aliphatic carbocycles. The van der Waals surface area contributed by atoms with E-state index in [2.05, 4.69) is 18.2 Å². The van der Waals surface area contributed by atoms with Crippen LogP contribution in [0.4, 0.5) is 0 Å². The minimum atomic E-state index is 0.167. The van der Waals surface area contributed by atoms with Crippen LogP contribution in [0.3, 0.4) is 0 Å². The number of hydrogen-bond donors (Lipinski definition) is 1. The zero-order valence-corrected chi connectivity index (χ0v) is 7.21. The summed E-state index contributed by atoms with van der Waals surface area (Å²) in [6.45, 7) is 2.84. The van der Waals surface area contributed by atoms with Gasteiger partial charge >= 0.3 is 0 Å². The molecule has 1 heterocycles. The molecule has 1 aromatic heterocycles. The zero-order valence-electron chi connectivity index (χ0n) is 7.21. The Morgan fingerprint density at radius 3 is 3.08 bits per heavy atom. The van der Waals surface area contributed by atoms with Crippen LogP contribution in [0.5, 0.6) is 0 Å². The number of rotatable bonds is 4. The normalized spacial score (nSPS) is 12.3. The van der Waals surface area contributed by atoms with Crippen LogP contribution in [0.1, 0.15) is 18.9 Å². The lowest BCUT2D eigenvalue weighted by molar-refractivity contribution is 0.552. The summed E-state index contributed by atoms with van der Waals surface area (Å²) in [7, 11) is 0. The number of nitrogens with one attached hydrogen (secondary N) is 1. The van der Waals surface area contributed by atoms with Gasteiger partial charge in [0.1, 0.15) is 0 Å². The highest BCUT2D eigenvalue weighted by Crippen LogP contribution is 1.99. The van der Waals surface area contributed by atoms with E-state index in [1.165, 1.54) is 0 Å². The first kappa shape index (κ1) is 8.89. The number of hydrogen-bond acceptors (Lipinski definition) is 2. The molecule has 1 unspecified atom stereocenters. The van der Waals surface area contributed by atoms with Crippen molar-refractivity contribution >= 4 is 0 Å². The van der Waals surface area contributed by atoms with E-state index in [1.54, 1.807) is 12.5 Å². The quantitative estimate of drug-likeness (QED) is 0.684. The lowest BCUT2D eigenvalue weighted by Gasteiger charge is -2.08. The van der Waals surface area contributed by atoms with Crippen molar-refractivity contribution in [3.63, 3.8) is 0 Å². The summed E-state index contributed by atoms with van der Waals surface area (Å²) in [5.41, 5.74) is 1.13. The van der Waals surface area contributed by atoms with E-state index >= 15 is 0 Å². The molecule has 2 nitrogen and oxygen atoms in total. The molecule has 0 bridgehead atoms. The summed E-state index contributed by atoms with van der Waals surface area (Å²) in [5.74, 6) is 2.67. The highest BCUT2D eigenvalue weighted by Gasteiger charge is 2.00. The molecule has 0 saturated heterocycles. The first-order valence-electron chi connectivity index (χ1n) is 4.07. The molecule has 0 aromatic carbocycles. The molecule has 0 saturated carbocycles. The van der Waals surface area contributed by atoms with Gasteiger partial charge in [-0.05, 0) is 12.5 Å². The Morgan fingerprint density at radius 2 is 2.58 bits per heavy atom. The van der Waals surface area contributed by atoms with Gasteiger partial charge in [-0.3, -0.25) is 5.32 Å². The molecule has 0 aliphatic heterocycles. The molecule has 1 atom stereocenters. The minimum Gasteiger partial charge on any atom is -0.472 e. The van der Waals surface area contributed by atoms with Crippen molar-refractivity contribution < 1.29 is 4.42 Å². The van der Waals surface area contributed by atoms with Crippen LogP contribution in [0.15, 0.2) is 23.0 Å². The van der Waals surface area contributed by atoms with Crippen molar-refractivity contribution in [3.8, 4) is 12.3 Å². The van der Waals surface area contributed by atoms with Crippen molar-refractivity contribution in [1.29, 1.82) is 0 Å². The van der Waals surface area contributed by atoms with Crippen LogP contribution in [0.25, 0.3) is 0 Å². The lowest BCUT2D eigenvalue weighted by Crippen LogP contribution is -2.25. The third-order valence-electron chi connectivity index (χ3n) is 1.74. The highest BCUT2D eigenvalue weighted by molar-refractivity contribution is 5.06. The van der Waals surface area contributed by atoms with Crippen molar-refractivity contribution in [2.24, 2.45) is 0 Å². The molecule has 12 heavy (non-hydrogen) atoms. The Kier molecular flexibility index (Phi) is 3.43. The fourth-order valence-corrected chi connectivity index (χ4v) is 0.955. The van der Waals surface area contributed by atoms with Crippen LogP contribution in [-0.2, 0) is 6.54 Å². The predicted octanol–water partition coefficient (Wildman–Crippen LogP) is 1.78. The van der Waals surface area contributed by atoms with Gasteiger partial charge in [0.15, 0.2) is 0 Å². The van der Waals surface area contributed by atoms with E-state index in [-0.39, 0.29) is 6.04 Å². The van der Waals surface area contributed by atoms with E-state index in [9.17, 15) is 0 Å². The average Bonchev–Trinajstić information content (AvgIpc) is 2.59. The van der Waals surface area contributed by atoms with Crippen LogP contribution in [-0.4, -0.2) is 6.04 Å². The van der Waals surface area contributed by atoms with Crippen LogP contribution < -0.4 is 5.32 Å². The van der Waals surface area contributed by atoms with Crippen molar-refractivity contribution in [1.82, 2.24) is 5.32 Å². The Balaban J connectivity index is 2.31. The molecule has 1 N–H and O–H groups in total. The van der Waals surface area contributed by atoms with E-state index in [0.717, 1.165) is 18.5 Å². The van der Waals surface area contributed by atoms with Crippen LogP contribution in [0, 0.1) is 12.3 Å². The van der Waals surface area contributed by atoms with Gasteiger partial charge in [0.05, 0.1) is 18.6 Å². The van der Waals surface area contributed by atoms with Gasteiger partial charge in [-0.15, -0.1) is 6.42 Å².